The van der Waals surface area contributed by atoms with Crippen molar-refractivity contribution in [1.82, 2.24) is 4.72 Å². The Morgan fingerprint density at radius 1 is 1.47 bits per heavy atom. The largest absolute Gasteiger partial charge is 0.306 e. The first-order chi connectivity index (χ1) is 9.06. The van der Waals surface area contributed by atoms with Gasteiger partial charge in [-0.25, -0.2) is 4.39 Å². The molecular formula is C13H14ClFN2OS. The number of nitriles is 1. The monoisotopic (exact) mass is 300 g/mol. The van der Waals surface area contributed by atoms with Gasteiger partial charge in [-0.2, -0.15) is 5.26 Å². The first-order valence-electron chi connectivity index (χ1n) is 5.99. The molecule has 0 aliphatic carbocycles. The minimum atomic E-state index is -1.70. The first kappa shape index (κ1) is 14.2. The van der Waals surface area contributed by atoms with Gasteiger partial charge in [-0.3, -0.25) is 4.79 Å². The number of hydrogen-bond acceptors (Lipinski definition) is 2. The molecule has 1 fully saturated rings. The van der Waals surface area contributed by atoms with E-state index in [1.165, 1.54) is 12.1 Å². The van der Waals surface area contributed by atoms with E-state index in [1.807, 2.05) is 0 Å². The SMILES string of the molecule is N#CS1(NC(=O)Cc2c(F)cccc2Cl)CCCC1. The zero-order chi connectivity index (χ0) is 13.9. The summed E-state index contributed by atoms with van der Waals surface area (Å²) in [5.74, 6) is 0.654. The normalized spacial score (nSPS) is 18.6. The van der Waals surface area contributed by atoms with E-state index in [1.54, 1.807) is 6.07 Å². The van der Waals surface area contributed by atoms with Gasteiger partial charge in [0.25, 0.3) is 0 Å². The molecule has 1 amide bonds. The molecule has 0 bridgehead atoms. The molecule has 0 aromatic heterocycles. The number of nitrogens with one attached hydrogen (secondary N) is 1. The summed E-state index contributed by atoms with van der Waals surface area (Å²) < 4.78 is 16.4. The van der Waals surface area contributed by atoms with Crippen LogP contribution in [-0.2, 0) is 11.2 Å². The van der Waals surface area contributed by atoms with Gasteiger partial charge in [-0.1, -0.05) is 27.9 Å². The number of amides is 1. The Kier molecular flexibility index (Phi) is 4.33. The maximum atomic E-state index is 13.6. The number of halogens is 2. The van der Waals surface area contributed by atoms with Crippen molar-refractivity contribution in [3.8, 4) is 5.40 Å². The summed E-state index contributed by atoms with van der Waals surface area (Å²) in [6.07, 6.45) is 1.80. The van der Waals surface area contributed by atoms with E-state index < -0.39 is 16.0 Å². The minimum Gasteiger partial charge on any atom is -0.306 e. The van der Waals surface area contributed by atoms with Crippen molar-refractivity contribution in [2.45, 2.75) is 19.3 Å². The highest BCUT2D eigenvalue weighted by Crippen LogP contribution is 2.49. The fourth-order valence-corrected chi connectivity index (χ4v) is 4.90. The number of carbonyl (C=O) groups is 1. The summed E-state index contributed by atoms with van der Waals surface area (Å²) >= 11 is 5.88. The third-order valence-corrected chi connectivity index (χ3v) is 6.41. The highest BCUT2D eigenvalue weighted by Gasteiger charge is 2.30. The molecule has 2 rings (SSSR count). The lowest BCUT2D eigenvalue weighted by Crippen LogP contribution is -2.29. The topological polar surface area (TPSA) is 52.9 Å². The Labute approximate surface area is 118 Å². The van der Waals surface area contributed by atoms with Crippen LogP contribution in [0.15, 0.2) is 18.2 Å². The van der Waals surface area contributed by atoms with Crippen molar-refractivity contribution in [3.63, 3.8) is 0 Å². The number of hydrogen-bond donors (Lipinski definition) is 1. The summed E-state index contributed by atoms with van der Waals surface area (Å²) in [5, 5.41) is 11.7. The molecule has 3 nitrogen and oxygen atoms in total. The van der Waals surface area contributed by atoms with Crippen LogP contribution in [0.2, 0.25) is 5.02 Å². The highest BCUT2D eigenvalue weighted by molar-refractivity contribution is 8.36. The summed E-state index contributed by atoms with van der Waals surface area (Å²) in [5.41, 5.74) is 0.187. The quantitative estimate of drug-likeness (QED) is 0.872. The van der Waals surface area contributed by atoms with E-state index in [-0.39, 0.29) is 22.9 Å². The van der Waals surface area contributed by atoms with Gasteiger partial charge in [0.1, 0.15) is 11.2 Å². The molecule has 1 aromatic rings. The fourth-order valence-electron chi connectivity index (χ4n) is 2.13. The van der Waals surface area contributed by atoms with Crippen LogP contribution < -0.4 is 4.72 Å². The molecule has 1 aliphatic heterocycles. The maximum Gasteiger partial charge on any atom is 0.233 e. The van der Waals surface area contributed by atoms with Crippen molar-refractivity contribution < 1.29 is 9.18 Å². The van der Waals surface area contributed by atoms with Gasteiger partial charge in [-0.15, -0.1) is 0 Å². The molecule has 1 N–H and O–H groups in total. The molecule has 1 aliphatic rings. The number of rotatable bonds is 3. The first-order valence-corrected chi connectivity index (χ1v) is 8.34. The van der Waals surface area contributed by atoms with E-state index >= 15 is 0 Å². The van der Waals surface area contributed by atoms with Crippen molar-refractivity contribution in [3.05, 3.63) is 34.6 Å². The van der Waals surface area contributed by atoms with Gasteiger partial charge in [-0.05, 0) is 25.0 Å². The number of benzene rings is 1. The molecule has 0 radical (unpaired) electrons. The van der Waals surface area contributed by atoms with Crippen LogP contribution in [0.3, 0.4) is 0 Å². The molecule has 0 atom stereocenters. The van der Waals surface area contributed by atoms with E-state index in [0.717, 1.165) is 24.3 Å². The minimum absolute atomic E-state index is 0.123. The van der Waals surface area contributed by atoms with E-state index in [4.69, 9.17) is 11.6 Å². The van der Waals surface area contributed by atoms with Gasteiger partial charge in [0.15, 0.2) is 0 Å². The van der Waals surface area contributed by atoms with Gasteiger partial charge in [0.05, 0.1) is 6.42 Å². The molecule has 0 spiro atoms. The third-order valence-electron chi connectivity index (χ3n) is 3.12. The summed E-state index contributed by atoms with van der Waals surface area (Å²) in [6, 6.07) is 4.32. The number of nitrogens with zero attached hydrogens (tertiary/aromatic N) is 1. The molecular weight excluding hydrogens is 287 g/mol. The van der Waals surface area contributed by atoms with E-state index in [9.17, 15) is 14.4 Å². The standard InChI is InChI=1S/C13H14ClFN2OS/c14-11-4-3-5-12(15)10(11)8-13(18)17-19(9-16)6-1-2-7-19/h3-5H,1-2,6-8H2,(H,17,18). The van der Waals surface area contributed by atoms with Crippen LogP contribution in [0, 0.1) is 16.5 Å². The lowest BCUT2D eigenvalue weighted by atomic mass is 10.1. The Balaban J connectivity index is 2.08. The molecule has 0 saturated carbocycles. The average molecular weight is 301 g/mol. The van der Waals surface area contributed by atoms with Crippen LogP contribution in [0.25, 0.3) is 0 Å². The van der Waals surface area contributed by atoms with Crippen LogP contribution in [0.5, 0.6) is 0 Å². The smallest absolute Gasteiger partial charge is 0.233 e. The van der Waals surface area contributed by atoms with Crippen molar-refractivity contribution >= 4 is 27.7 Å². The lowest BCUT2D eigenvalue weighted by molar-refractivity contribution is -0.118. The molecule has 1 aromatic carbocycles. The highest BCUT2D eigenvalue weighted by atomic mass is 35.5. The molecule has 1 heterocycles. The van der Waals surface area contributed by atoms with Crippen LogP contribution in [0.4, 0.5) is 4.39 Å². The van der Waals surface area contributed by atoms with Gasteiger partial charge < -0.3 is 4.72 Å². The number of thiocyanates is 1. The van der Waals surface area contributed by atoms with Gasteiger partial charge in [0.2, 0.25) is 5.91 Å². The molecule has 102 valence electrons. The summed E-state index contributed by atoms with van der Waals surface area (Å²) in [6.45, 7) is 0. The maximum absolute atomic E-state index is 13.6. The Morgan fingerprint density at radius 2 is 2.16 bits per heavy atom. The predicted molar refractivity (Wildman–Crippen MR) is 75.4 cm³/mol. The van der Waals surface area contributed by atoms with E-state index in [0.29, 0.717) is 0 Å². The zero-order valence-corrected chi connectivity index (χ0v) is 11.9. The Bertz CT molecular complexity index is 518. The van der Waals surface area contributed by atoms with Crippen LogP contribution in [-0.4, -0.2) is 17.4 Å². The summed E-state index contributed by atoms with van der Waals surface area (Å²) in [7, 11) is -1.70. The molecule has 19 heavy (non-hydrogen) atoms. The van der Waals surface area contributed by atoms with Crippen LogP contribution >= 0.6 is 21.8 Å². The molecule has 6 heteroatoms. The van der Waals surface area contributed by atoms with Gasteiger partial charge in [0, 0.05) is 22.1 Å². The third kappa shape index (κ3) is 3.20. The van der Waals surface area contributed by atoms with Crippen molar-refractivity contribution in [1.29, 1.82) is 5.26 Å². The second-order valence-corrected chi connectivity index (χ2v) is 7.87. The molecule has 1 saturated heterocycles. The van der Waals surface area contributed by atoms with E-state index in [2.05, 4.69) is 10.1 Å². The van der Waals surface area contributed by atoms with Crippen molar-refractivity contribution in [2.75, 3.05) is 11.5 Å². The average Bonchev–Trinajstić information content (AvgIpc) is 2.83. The van der Waals surface area contributed by atoms with Crippen LogP contribution in [0.1, 0.15) is 18.4 Å². The van der Waals surface area contributed by atoms with Crippen molar-refractivity contribution in [2.24, 2.45) is 0 Å². The summed E-state index contributed by atoms with van der Waals surface area (Å²) in [4.78, 5) is 12.0. The number of carbonyl (C=O) groups excluding carboxylic acids is 1. The Hall–Kier alpha value is -1.25. The van der Waals surface area contributed by atoms with Gasteiger partial charge >= 0.3 is 0 Å². The second kappa shape index (κ2) is 5.81. The molecule has 0 unspecified atom stereocenters. The zero-order valence-electron chi connectivity index (χ0n) is 10.3. The second-order valence-electron chi connectivity index (χ2n) is 4.49. The lowest BCUT2D eigenvalue weighted by Gasteiger charge is -2.27. The predicted octanol–water partition coefficient (Wildman–Crippen LogP) is 3.13. The fraction of sp³-hybridized carbons (Fsp3) is 0.385. The Morgan fingerprint density at radius 3 is 2.74 bits per heavy atom.